The molecule has 1 aromatic rings. The van der Waals surface area contributed by atoms with Crippen molar-refractivity contribution in [2.45, 2.75) is 45.3 Å². The summed E-state index contributed by atoms with van der Waals surface area (Å²) in [5, 5.41) is 13.3. The number of nitrogens with zero attached hydrogens (tertiary/aromatic N) is 2. The van der Waals surface area contributed by atoms with Gasteiger partial charge in [-0.3, -0.25) is 0 Å². The van der Waals surface area contributed by atoms with Crippen molar-refractivity contribution in [3.63, 3.8) is 0 Å². The first kappa shape index (κ1) is 14.7. The van der Waals surface area contributed by atoms with Crippen LogP contribution < -0.4 is 10.1 Å². The van der Waals surface area contributed by atoms with Crippen molar-refractivity contribution < 1.29 is 9.84 Å². The smallest absolute Gasteiger partial charge is 0.245 e. The van der Waals surface area contributed by atoms with Gasteiger partial charge in [0.1, 0.15) is 18.9 Å². The first-order valence-corrected chi connectivity index (χ1v) is 7.70. The van der Waals surface area contributed by atoms with Gasteiger partial charge in [-0.05, 0) is 31.1 Å². The van der Waals surface area contributed by atoms with Gasteiger partial charge in [-0.15, -0.1) is 4.37 Å². The van der Waals surface area contributed by atoms with Gasteiger partial charge in [-0.1, -0.05) is 13.8 Å². The van der Waals surface area contributed by atoms with E-state index in [4.69, 9.17) is 4.74 Å². The predicted octanol–water partition coefficient (Wildman–Crippen LogP) is 1.69. The summed E-state index contributed by atoms with van der Waals surface area (Å²) in [4.78, 5) is 0. The van der Waals surface area contributed by atoms with E-state index >= 15 is 0 Å². The highest BCUT2D eigenvalue weighted by Crippen LogP contribution is 2.29. The van der Waals surface area contributed by atoms with Crippen molar-refractivity contribution in [2.75, 3.05) is 13.2 Å². The molecule has 1 saturated carbocycles. The van der Waals surface area contributed by atoms with E-state index < -0.39 is 6.10 Å². The van der Waals surface area contributed by atoms with Crippen molar-refractivity contribution in [1.82, 2.24) is 14.1 Å². The summed E-state index contributed by atoms with van der Waals surface area (Å²) in [6, 6.07) is 0.529. The van der Waals surface area contributed by atoms with Gasteiger partial charge in [0.05, 0.1) is 11.7 Å². The Hall–Kier alpha value is -0.720. The second kappa shape index (κ2) is 7.17. The minimum absolute atomic E-state index is 0.261. The van der Waals surface area contributed by atoms with Crippen LogP contribution in [-0.2, 0) is 0 Å². The van der Waals surface area contributed by atoms with Crippen molar-refractivity contribution in [3.05, 3.63) is 6.20 Å². The fraction of sp³-hybridized carbons (Fsp3) is 0.846. The molecule has 4 atom stereocenters. The third-order valence-corrected chi connectivity index (χ3v) is 4.47. The van der Waals surface area contributed by atoms with Gasteiger partial charge in [0.15, 0.2) is 0 Å². The molecule has 0 radical (unpaired) electrons. The van der Waals surface area contributed by atoms with Crippen LogP contribution in [0, 0.1) is 11.8 Å². The number of hydrogen-bond acceptors (Lipinski definition) is 6. The zero-order valence-electron chi connectivity index (χ0n) is 11.6. The van der Waals surface area contributed by atoms with Crippen LogP contribution in [-0.4, -0.2) is 39.2 Å². The Morgan fingerprint density at radius 3 is 3.00 bits per heavy atom. The number of ether oxygens (including phenoxy) is 1. The Morgan fingerprint density at radius 1 is 1.47 bits per heavy atom. The molecule has 0 saturated heterocycles. The van der Waals surface area contributed by atoms with Gasteiger partial charge in [0.25, 0.3) is 0 Å². The minimum atomic E-state index is -0.503. The summed E-state index contributed by atoms with van der Waals surface area (Å²) >= 11 is 1.11. The molecule has 2 N–H and O–H groups in total. The summed E-state index contributed by atoms with van der Waals surface area (Å²) in [5.41, 5.74) is 0. The standard InChI is InChI=1S/C13H23N3O2S/c1-9-3-4-11(5-10(9)2)14-6-12(17)8-18-13-7-15-19-16-13/h7,9-12,14,17H,3-6,8H2,1-2H3. The first-order valence-electron chi connectivity index (χ1n) is 6.97. The van der Waals surface area contributed by atoms with Gasteiger partial charge in [0, 0.05) is 12.6 Å². The highest BCUT2D eigenvalue weighted by Gasteiger charge is 2.24. The zero-order chi connectivity index (χ0) is 13.7. The van der Waals surface area contributed by atoms with Gasteiger partial charge >= 0.3 is 0 Å². The molecule has 1 heterocycles. The van der Waals surface area contributed by atoms with Crippen LogP contribution in [0.3, 0.4) is 0 Å². The summed E-state index contributed by atoms with van der Waals surface area (Å²) in [6.07, 6.45) is 4.74. The Morgan fingerprint density at radius 2 is 2.32 bits per heavy atom. The summed E-state index contributed by atoms with van der Waals surface area (Å²) in [6.45, 7) is 5.47. The lowest BCUT2D eigenvalue weighted by atomic mass is 9.79. The topological polar surface area (TPSA) is 67.3 Å². The molecule has 1 aromatic heterocycles. The minimum Gasteiger partial charge on any atom is -0.473 e. The Balaban J connectivity index is 1.62. The summed E-state index contributed by atoms with van der Waals surface area (Å²) < 4.78 is 13.1. The maximum atomic E-state index is 9.86. The summed E-state index contributed by atoms with van der Waals surface area (Å²) in [5.74, 6) is 2.08. The second-order valence-electron chi connectivity index (χ2n) is 5.58. The van der Waals surface area contributed by atoms with Crippen molar-refractivity contribution >= 4 is 11.7 Å². The molecule has 108 valence electrons. The molecule has 1 aliphatic rings. The Bertz CT molecular complexity index is 361. The van der Waals surface area contributed by atoms with E-state index in [2.05, 4.69) is 27.9 Å². The van der Waals surface area contributed by atoms with E-state index in [0.717, 1.165) is 23.6 Å². The third kappa shape index (κ3) is 4.71. The van der Waals surface area contributed by atoms with Crippen molar-refractivity contribution in [3.8, 4) is 5.88 Å². The SMILES string of the molecule is CC1CCC(NCC(O)COc2cnsn2)CC1C. The quantitative estimate of drug-likeness (QED) is 0.832. The maximum absolute atomic E-state index is 9.86. The normalized spacial score (nSPS) is 29.1. The average Bonchev–Trinajstić information content (AvgIpc) is 2.91. The largest absolute Gasteiger partial charge is 0.473 e. The number of aliphatic hydroxyl groups is 1. The van der Waals surface area contributed by atoms with Crippen LogP contribution in [0.1, 0.15) is 33.1 Å². The fourth-order valence-electron chi connectivity index (χ4n) is 2.50. The monoisotopic (exact) mass is 285 g/mol. The molecule has 1 aliphatic carbocycles. The van der Waals surface area contributed by atoms with Crippen LogP contribution in [0.15, 0.2) is 6.20 Å². The third-order valence-electron chi connectivity index (χ3n) is 4.01. The molecule has 0 spiro atoms. The molecule has 0 bridgehead atoms. The number of nitrogens with one attached hydrogen (secondary N) is 1. The van der Waals surface area contributed by atoms with E-state index in [1.807, 2.05) is 0 Å². The Labute approximate surface area is 118 Å². The van der Waals surface area contributed by atoms with E-state index in [1.54, 1.807) is 6.20 Å². The molecular formula is C13H23N3O2S. The molecule has 0 aliphatic heterocycles. The van der Waals surface area contributed by atoms with Gasteiger partial charge in [-0.2, -0.15) is 4.37 Å². The second-order valence-corrected chi connectivity index (χ2v) is 6.14. The highest BCUT2D eigenvalue weighted by molar-refractivity contribution is 6.99. The number of aliphatic hydroxyl groups excluding tert-OH is 1. The maximum Gasteiger partial charge on any atom is 0.245 e. The summed E-state index contributed by atoms with van der Waals surface area (Å²) in [7, 11) is 0. The number of aromatic nitrogens is 2. The molecule has 4 unspecified atom stereocenters. The van der Waals surface area contributed by atoms with Gasteiger partial charge in [0.2, 0.25) is 5.88 Å². The number of hydrogen-bond donors (Lipinski definition) is 2. The lowest BCUT2D eigenvalue weighted by molar-refractivity contribution is 0.0966. The van der Waals surface area contributed by atoms with Gasteiger partial charge in [-0.25, -0.2) is 0 Å². The van der Waals surface area contributed by atoms with E-state index in [9.17, 15) is 5.11 Å². The predicted molar refractivity (Wildman–Crippen MR) is 75.4 cm³/mol. The average molecular weight is 285 g/mol. The van der Waals surface area contributed by atoms with E-state index in [1.165, 1.54) is 19.3 Å². The first-order chi connectivity index (χ1) is 9.15. The molecule has 2 rings (SSSR count). The Kier molecular flexibility index (Phi) is 5.54. The molecular weight excluding hydrogens is 262 g/mol. The van der Waals surface area contributed by atoms with Crippen LogP contribution in [0.25, 0.3) is 0 Å². The fourth-order valence-corrected chi connectivity index (χ4v) is 2.86. The van der Waals surface area contributed by atoms with Crippen molar-refractivity contribution in [1.29, 1.82) is 0 Å². The lowest BCUT2D eigenvalue weighted by Gasteiger charge is -2.33. The van der Waals surface area contributed by atoms with Crippen LogP contribution in [0.4, 0.5) is 0 Å². The zero-order valence-corrected chi connectivity index (χ0v) is 12.4. The molecule has 1 fully saturated rings. The highest BCUT2D eigenvalue weighted by atomic mass is 32.1. The van der Waals surface area contributed by atoms with E-state index in [0.29, 0.717) is 18.5 Å². The van der Waals surface area contributed by atoms with Gasteiger partial charge < -0.3 is 15.2 Å². The van der Waals surface area contributed by atoms with E-state index in [-0.39, 0.29) is 6.61 Å². The van der Waals surface area contributed by atoms with Crippen LogP contribution >= 0.6 is 11.7 Å². The van der Waals surface area contributed by atoms with Crippen molar-refractivity contribution in [2.24, 2.45) is 11.8 Å². The number of rotatable bonds is 6. The molecule has 6 heteroatoms. The molecule has 0 amide bonds. The van der Waals surface area contributed by atoms with Crippen LogP contribution in [0.2, 0.25) is 0 Å². The lowest BCUT2D eigenvalue weighted by Crippen LogP contribution is -2.41. The molecule has 0 aromatic carbocycles. The molecule has 19 heavy (non-hydrogen) atoms. The van der Waals surface area contributed by atoms with Crippen LogP contribution in [0.5, 0.6) is 5.88 Å². The molecule has 5 nitrogen and oxygen atoms in total.